The number of thiophene rings is 1. The van der Waals surface area contributed by atoms with Gasteiger partial charge in [0.2, 0.25) is 0 Å². The Labute approximate surface area is 127 Å². The molecular weight excluding hydrogens is 352 g/mol. The van der Waals surface area contributed by atoms with E-state index in [0.29, 0.717) is 23.7 Å². The van der Waals surface area contributed by atoms with Crippen molar-refractivity contribution in [1.29, 1.82) is 0 Å². The highest BCUT2D eigenvalue weighted by atomic mass is 79.9. The molecule has 0 saturated carbocycles. The van der Waals surface area contributed by atoms with Gasteiger partial charge in [-0.05, 0) is 34.1 Å². The molecule has 0 aliphatic rings. The van der Waals surface area contributed by atoms with Gasteiger partial charge >= 0.3 is 0 Å². The van der Waals surface area contributed by atoms with Gasteiger partial charge < -0.3 is 5.32 Å². The van der Waals surface area contributed by atoms with Crippen molar-refractivity contribution < 1.29 is 4.92 Å². The lowest BCUT2D eigenvalue weighted by Gasteiger charge is -2.05. The molecule has 0 aliphatic heterocycles. The fourth-order valence-corrected chi connectivity index (χ4v) is 3.21. The van der Waals surface area contributed by atoms with Crippen LogP contribution in [0.15, 0.2) is 34.1 Å². The maximum Gasteiger partial charge on any atom is 0.275 e. The Morgan fingerprint density at radius 3 is 2.79 bits per heavy atom. The van der Waals surface area contributed by atoms with Crippen LogP contribution in [0.25, 0.3) is 0 Å². The lowest BCUT2D eigenvalue weighted by Crippen LogP contribution is -2.13. The lowest BCUT2D eigenvalue weighted by atomic mass is 10.2. The molecule has 19 heavy (non-hydrogen) atoms. The van der Waals surface area contributed by atoms with Crippen molar-refractivity contribution >= 4 is 44.6 Å². The molecule has 0 radical (unpaired) electrons. The summed E-state index contributed by atoms with van der Waals surface area (Å²) in [6.45, 7) is 1.11. The number of hydrogen-bond donors (Lipinski definition) is 1. The number of rotatable bonds is 5. The van der Waals surface area contributed by atoms with Crippen LogP contribution in [0.1, 0.15) is 10.4 Å². The highest BCUT2D eigenvalue weighted by Gasteiger charge is 2.13. The molecule has 0 spiro atoms. The molecule has 100 valence electrons. The number of nitrogens with zero attached hydrogens (tertiary/aromatic N) is 1. The Balaban J connectivity index is 2.01. The first-order valence-corrected chi connectivity index (χ1v) is 7.48. The number of hydrogen-bond acceptors (Lipinski definition) is 4. The molecule has 1 heterocycles. The first-order valence-electron chi connectivity index (χ1n) is 5.42. The first-order chi connectivity index (χ1) is 9.06. The van der Waals surface area contributed by atoms with E-state index in [4.69, 9.17) is 11.6 Å². The lowest BCUT2D eigenvalue weighted by molar-refractivity contribution is -0.385. The topological polar surface area (TPSA) is 55.2 Å². The van der Waals surface area contributed by atoms with Crippen molar-refractivity contribution in [3.63, 3.8) is 0 Å². The van der Waals surface area contributed by atoms with Crippen LogP contribution in [0.4, 0.5) is 5.69 Å². The summed E-state index contributed by atoms with van der Waals surface area (Å²) in [5, 5.41) is 16.5. The number of halogens is 2. The molecule has 0 atom stereocenters. The van der Waals surface area contributed by atoms with E-state index in [-0.39, 0.29) is 5.69 Å². The molecular formula is C12H10BrClN2O2S. The summed E-state index contributed by atoms with van der Waals surface area (Å²) in [5.41, 5.74) is 0.678. The van der Waals surface area contributed by atoms with Gasteiger partial charge in [-0.1, -0.05) is 11.6 Å². The van der Waals surface area contributed by atoms with Crippen molar-refractivity contribution in [3.8, 4) is 0 Å². The van der Waals surface area contributed by atoms with Crippen molar-refractivity contribution in [1.82, 2.24) is 5.32 Å². The summed E-state index contributed by atoms with van der Waals surface area (Å²) in [5.74, 6) is 0. The van der Waals surface area contributed by atoms with Gasteiger partial charge in [-0.25, -0.2) is 0 Å². The van der Waals surface area contributed by atoms with E-state index < -0.39 is 4.92 Å². The van der Waals surface area contributed by atoms with Crippen LogP contribution in [0, 0.1) is 10.1 Å². The minimum atomic E-state index is -0.412. The van der Waals surface area contributed by atoms with Gasteiger partial charge in [0.05, 0.1) is 4.92 Å². The van der Waals surface area contributed by atoms with E-state index in [1.807, 2.05) is 11.4 Å². The third-order valence-electron chi connectivity index (χ3n) is 2.48. The van der Waals surface area contributed by atoms with E-state index in [1.165, 1.54) is 10.9 Å². The number of nitro groups is 1. The van der Waals surface area contributed by atoms with E-state index in [2.05, 4.69) is 21.2 Å². The SMILES string of the molecule is O=[N+]([O-])c1cc(Cl)ccc1CNCc1cc(Br)cs1. The van der Waals surface area contributed by atoms with E-state index >= 15 is 0 Å². The normalized spacial score (nSPS) is 10.6. The predicted molar refractivity (Wildman–Crippen MR) is 80.7 cm³/mol. The van der Waals surface area contributed by atoms with E-state index in [1.54, 1.807) is 23.5 Å². The Kier molecular flexibility index (Phi) is 4.93. The zero-order valence-electron chi connectivity index (χ0n) is 9.73. The molecule has 1 aromatic carbocycles. The van der Waals surface area contributed by atoms with Crippen LogP contribution in [0.2, 0.25) is 5.02 Å². The van der Waals surface area contributed by atoms with Gasteiger partial charge in [0.1, 0.15) is 0 Å². The van der Waals surface area contributed by atoms with Crippen molar-refractivity contribution in [3.05, 3.63) is 59.7 Å². The molecule has 0 aliphatic carbocycles. The fraction of sp³-hybridized carbons (Fsp3) is 0.167. The Morgan fingerprint density at radius 1 is 1.37 bits per heavy atom. The second kappa shape index (κ2) is 6.47. The molecule has 2 aromatic rings. The average molecular weight is 362 g/mol. The maximum atomic E-state index is 10.9. The van der Waals surface area contributed by atoms with Crippen LogP contribution in [0.5, 0.6) is 0 Å². The molecule has 0 bridgehead atoms. The molecule has 1 aromatic heterocycles. The maximum absolute atomic E-state index is 10.9. The average Bonchev–Trinajstić information content (AvgIpc) is 2.77. The van der Waals surface area contributed by atoms with Crippen molar-refractivity contribution in [2.75, 3.05) is 0 Å². The highest BCUT2D eigenvalue weighted by Crippen LogP contribution is 2.23. The smallest absolute Gasteiger partial charge is 0.275 e. The third kappa shape index (κ3) is 4.01. The predicted octanol–water partition coefficient (Wildman–Crippen LogP) is 4.36. The fourth-order valence-electron chi connectivity index (χ4n) is 1.62. The highest BCUT2D eigenvalue weighted by molar-refractivity contribution is 9.10. The van der Waals surface area contributed by atoms with Crippen LogP contribution in [0.3, 0.4) is 0 Å². The molecule has 0 unspecified atom stereocenters. The first kappa shape index (κ1) is 14.5. The number of nitrogens with one attached hydrogen (secondary N) is 1. The molecule has 1 N–H and O–H groups in total. The second-order valence-electron chi connectivity index (χ2n) is 3.86. The monoisotopic (exact) mass is 360 g/mol. The summed E-state index contributed by atoms with van der Waals surface area (Å²) < 4.78 is 1.05. The van der Waals surface area contributed by atoms with Gasteiger partial charge in [0.25, 0.3) is 5.69 Å². The summed E-state index contributed by atoms with van der Waals surface area (Å²) >= 11 is 10.8. The number of benzene rings is 1. The van der Waals surface area contributed by atoms with Crippen molar-refractivity contribution in [2.24, 2.45) is 0 Å². The van der Waals surface area contributed by atoms with Crippen LogP contribution >= 0.6 is 38.9 Å². The second-order valence-corrected chi connectivity index (χ2v) is 6.21. The van der Waals surface area contributed by atoms with Gasteiger partial charge in [-0.3, -0.25) is 10.1 Å². The standard InChI is InChI=1S/C12H10BrClN2O2S/c13-9-3-11(19-7-9)6-15-5-8-1-2-10(14)4-12(8)16(17)18/h1-4,7,15H,5-6H2. The Morgan fingerprint density at radius 2 is 2.16 bits per heavy atom. The van der Waals surface area contributed by atoms with E-state index in [0.717, 1.165) is 4.47 Å². The largest absolute Gasteiger partial charge is 0.308 e. The minimum Gasteiger partial charge on any atom is -0.308 e. The van der Waals surface area contributed by atoms with Crippen LogP contribution in [-0.4, -0.2) is 4.92 Å². The Hall–Kier alpha value is -0.950. The summed E-state index contributed by atoms with van der Waals surface area (Å²) in [6.07, 6.45) is 0. The van der Waals surface area contributed by atoms with Crippen LogP contribution in [-0.2, 0) is 13.1 Å². The molecule has 0 amide bonds. The molecule has 7 heteroatoms. The quantitative estimate of drug-likeness (QED) is 0.636. The molecule has 2 rings (SSSR count). The zero-order valence-corrected chi connectivity index (χ0v) is 12.9. The van der Waals surface area contributed by atoms with Gasteiger partial charge in [0, 0.05) is 44.5 Å². The third-order valence-corrected chi connectivity index (χ3v) is 4.41. The summed E-state index contributed by atoms with van der Waals surface area (Å²) in [7, 11) is 0. The minimum absolute atomic E-state index is 0.0485. The Bertz CT molecular complexity index is 603. The van der Waals surface area contributed by atoms with Crippen LogP contribution < -0.4 is 5.32 Å². The molecule has 4 nitrogen and oxygen atoms in total. The van der Waals surface area contributed by atoms with E-state index in [9.17, 15) is 10.1 Å². The van der Waals surface area contributed by atoms with Gasteiger partial charge in [0.15, 0.2) is 0 Å². The van der Waals surface area contributed by atoms with Gasteiger partial charge in [-0.15, -0.1) is 11.3 Å². The number of nitro benzene ring substituents is 1. The molecule has 0 saturated heterocycles. The zero-order chi connectivity index (χ0) is 13.8. The summed E-state index contributed by atoms with van der Waals surface area (Å²) in [4.78, 5) is 11.7. The summed E-state index contributed by atoms with van der Waals surface area (Å²) in [6, 6.07) is 6.74. The molecule has 0 fully saturated rings. The van der Waals surface area contributed by atoms with Gasteiger partial charge in [-0.2, -0.15) is 0 Å². The van der Waals surface area contributed by atoms with Crippen molar-refractivity contribution in [2.45, 2.75) is 13.1 Å².